The van der Waals surface area contributed by atoms with Crippen LogP contribution in [0.4, 0.5) is 0 Å². The van der Waals surface area contributed by atoms with Gasteiger partial charge in [-0.05, 0) is 38.3 Å². The number of rotatable bonds is 6. The summed E-state index contributed by atoms with van der Waals surface area (Å²) in [6.07, 6.45) is 3.19. The summed E-state index contributed by atoms with van der Waals surface area (Å²) in [6.45, 7) is 8.99. The summed E-state index contributed by atoms with van der Waals surface area (Å²) in [5.41, 5.74) is -0.208. The molecule has 0 spiro atoms. The summed E-state index contributed by atoms with van der Waals surface area (Å²) >= 11 is 0. The number of carbonyl (C=O) groups is 1. The van der Waals surface area contributed by atoms with Gasteiger partial charge in [0, 0.05) is 25.0 Å². The van der Waals surface area contributed by atoms with Crippen molar-refractivity contribution < 1.29 is 9.53 Å². The number of piperidine rings is 1. The molecule has 1 aliphatic heterocycles. The molecule has 1 heterocycles. The molecule has 1 rings (SSSR count). The van der Waals surface area contributed by atoms with Crippen molar-refractivity contribution in [2.45, 2.75) is 40.0 Å². The van der Waals surface area contributed by atoms with Crippen LogP contribution in [0.1, 0.15) is 40.0 Å². The van der Waals surface area contributed by atoms with Gasteiger partial charge in [-0.2, -0.15) is 0 Å². The van der Waals surface area contributed by atoms with E-state index in [1.54, 1.807) is 7.11 Å². The number of ether oxygens (including phenoxy) is 1. The zero-order valence-corrected chi connectivity index (χ0v) is 11.7. The first-order valence-corrected chi connectivity index (χ1v) is 6.74. The van der Waals surface area contributed by atoms with E-state index in [-0.39, 0.29) is 11.3 Å². The van der Waals surface area contributed by atoms with Gasteiger partial charge in [0.2, 0.25) is 0 Å². The smallest absolute Gasteiger partial charge is 0.141 e. The maximum atomic E-state index is 12.5. The lowest BCUT2D eigenvalue weighted by atomic mass is 9.69. The number of ketones is 1. The number of methoxy groups -OCH3 is 1. The lowest BCUT2D eigenvalue weighted by molar-refractivity contribution is -0.134. The molecule has 0 saturated carbocycles. The van der Waals surface area contributed by atoms with Crippen LogP contribution in [0.2, 0.25) is 0 Å². The summed E-state index contributed by atoms with van der Waals surface area (Å²) in [7, 11) is 1.69. The molecular weight excluding hydrogens is 214 g/mol. The van der Waals surface area contributed by atoms with Gasteiger partial charge in [-0.25, -0.2) is 0 Å². The van der Waals surface area contributed by atoms with E-state index in [0.29, 0.717) is 18.3 Å². The van der Waals surface area contributed by atoms with Crippen LogP contribution < -0.4 is 5.32 Å². The quantitative estimate of drug-likeness (QED) is 0.775. The van der Waals surface area contributed by atoms with Crippen LogP contribution in [0.15, 0.2) is 0 Å². The zero-order chi connectivity index (χ0) is 12.9. The molecule has 0 aromatic rings. The maximum absolute atomic E-state index is 12.5. The lowest BCUT2D eigenvalue weighted by Gasteiger charge is -2.37. The molecule has 2 atom stereocenters. The Labute approximate surface area is 105 Å². The monoisotopic (exact) mass is 241 g/mol. The van der Waals surface area contributed by atoms with E-state index in [4.69, 9.17) is 4.74 Å². The molecule has 0 aromatic carbocycles. The number of hydrogen-bond acceptors (Lipinski definition) is 3. The van der Waals surface area contributed by atoms with E-state index in [2.05, 4.69) is 19.2 Å². The van der Waals surface area contributed by atoms with Crippen molar-refractivity contribution in [3.63, 3.8) is 0 Å². The van der Waals surface area contributed by atoms with Gasteiger partial charge >= 0.3 is 0 Å². The summed E-state index contributed by atoms with van der Waals surface area (Å²) in [6, 6.07) is 0. The van der Waals surface area contributed by atoms with Gasteiger partial charge in [0.1, 0.15) is 5.78 Å². The van der Waals surface area contributed by atoms with E-state index < -0.39 is 0 Å². The van der Waals surface area contributed by atoms with E-state index in [1.807, 2.05) is 6.92 Å². The Morgan fingerprint density at radius 1 is 1.53 bits per heavy atom. The Kier molecular flexibility index (Phi) is 5.60. The second-order valence-electron chi connectivity index (χ2n) is 5.81. The Hall–Kier alpha value is -0.410. The number of hydrogen-bond donors (Lipinski definition) is 1. The van der Waals surface area contributed by atoms with Crippen molar-refractivity contribution in [2.24, 2.45) is 17.3 Å². The molecule has 1 aliphatic rings. The highest BCUT2D eigenvalue weighted by Gasteiger charge is 2.38. The second kappa shape index (κ2) is 6.50. The number of nitrogens with one attached hydrogen (secondary N) is 1. The molecule has 0 radical (unpaired) electrons. The van der Waals surface area contributed by atoms with Gasteiger partial charge in [-0.1, -0.05) is 20.8 Å². The topological polar surface area (TPSA) is 38.3 Å². The molecule has 0 aromatic heterocycles. The van der Waals surface area contributed by atoms with Gasteiger partial charge < -0.3 is 10.1 Å². The predicted octanol–water partition coefficient (Wildman–Crippen LogP) is 2.25. The molecule has 0 bridgehead atoms. The molecular formula is C14H27NO2. The van der Waals surface area contributed by atoms with E-state index in [9.17, 15) is 4.79 Å². The minimum atomic E-state index is -0.208. The van der Waals surface area contributed by atoms with E-state index >= 15 is 0 Å². The van der Waals surface area contributed by atoms with Crippen LogP contribution in [0.25, 0.3) is 0 Å². The summed E-state index contributed by atoms with van der Waals surface area (Å²) in [5, 5.41) is 3.40. The SMILES string of the molecule is COCCC(C)C(=O)C(C)(C)C1CCCNC1. The third-order valence-corrected chi connectivity index (χ3v) is 4.16. The molecule has 100 valence electrons. The Morgan fingerprint density at radius 2 is 2.24 bits per heavy atom. The van der Waals surface area contributed by atoms with Crippen LogP contribution in [0, 0.1) is 17.3 Å². The molecule has 3 nitrogen and oxygen atoms in total. The maximum Gasteiger partial charge on any atom is 0.141 e. The van der Waals surface area contributed by atoms with E-state index in [1.165, 1.54) is 12.8 Å². The van der Waals surface area contributed by atoms with Crippen molar-refractivity contribution in [3.8, 4) is 0 Å². The standard InChI is InChI=1S/C14H27NO2/c1-11(7-9-17-4)13(16)14(2,3)12-6-5-8-15-10-12/h11-12,15H,5-10H2,1-4H3. The molecule has 3 heteroatoms. The predicted molar refractivity (Wildman–Crippen MR) is 70.0 cm³/mol. The van der Waals surface area contributed by atoms with Crippen LogP contribution in [-0.4, -0.2) is 32.6 Å². The minimum absolute atomic E-state index is 0.104. The first kappa shape index (κ1) is 14.7. The fraction of sp³-hybridized carbons (Fsp3) is 0.929. The summed E-state index contributed by atoms with van der Waals surface area (Å²) in [4.78, 5) is 12.5. The molecule has 1 fully saturated rings. The highest BCUT2D eigenvalue weighted by atomic mass is 16.5. The average Bonchev–Trinajstić information content (AvgIpc) is 2.36. The fourth-order valence-corrected chi connectivity index (χ4v) is 2.73. The highest BCUT2D eigenvalue weighted by molar-refractivity contribution is 5.86. The van der Waals surface area contributed by atoms with Crippen molar-refractivity contribution in [1.82, 2.24) is 5.32 Å². The van der Waals surface area contributed by atoms with Gasteiger partial charge in [0.05, 0.1) is 0 Å². The van der Waals surface area contributed by atoms with Gasteiger partial charge in [0.15, 0.2) is 0 Å². The zero-order valence-electron chi connectivity index (χ0n) is 11.7. The van der Waals surface area contributed by atoms with Crippen molar-refractivity contribution >= 4 is 5.78 Å². The van der Waals surface area contributed by atoms with Crippen LogP contribution in [-0.2, 0) is 9.53 Å². The molecule has 0 amide bonds. The fourth-order valence-electron chi connectivity index (χ4n) is 2.73. The second-order valence-corrected chi connectivity index (χ2v) is 5.81. The summed E-state index contributed by atoms with van der Waals surface area (Å²) in [5.74, 6) is 0.976. The van der Waals surface area contributed by atoms with Crippen LogP contribution in [0.3, 0.4) is 0 Å². The normalized spacial score (nSPS) is 23.4. The first-order valence-electron chi connectivity index (χ1n) is 6.74. The van der Waals surface area contributed by atoms with Crippen molar-refractivity contribution in [3.05, 3.63) is 0 Å². The van der Waals surface area contributed by atoms with Crippen molar-refractivity contribution in [1.29, 1.82) is 0 Å². The molecule has 17 heavy (non-hydrogen) atoms. The third kappa shape index (κ3) is 3.78. The average molecular weight is 241 g/mol. The molecule has 0 aliphatic carbocycles. The Morgan fingerprint density at radius 3 is 2.76 bits per heavy atom. The van der Waals surface area contributed by atoms with Crippen LogP contribution in [0.5, 0.6) is 0 Å². The van der Waals surface area contributed by atoms with Gasteiger partial charge in [0.25, 0.3) is 0 Å². The van der Waals surface area contributed by atoms with Crippen molar-refractivity contribution in [2.75, 3.05) is 26.8 Å². The first-order chi connectivity index (χ1) is 8.00. The molecule has 1 N–H and O–H groups in total. The number of carbonyl (C=O) groups excluding carboxylic acids is 1. The van der Waals surface area contributed by atoms with E-state index in [0.717, 1.165) is 19.5 Å². The minimum Gasteiger partial charge on any atom is -0.385 e. The Balaban J connectivity index is 2.57. The number of Topliss-reactive ketones (excluding diaryl/α,β-unsaturated/α-hetero) is 1. The summed E-state index contributed by atoms with van der Waals surface area (Å²) < 4.78 is 5.06. The van der Waals surface area contributed by atoms with Gasteiger partial charge in [-0.15, -0.1) is 0 Å². The van der Waals surface area contributed by atoms with Crippen LogP contribution >= 0.6 is 0 Å². The highest BCUT2D eigenvalue weighted by Crippen LogP contribution is 2.35. The third-order valence-electron chi connectivity index (χ3n) is 4.16. The lowest BCUT2D eigenvalue weighted by Crippen LogP contribution is -2.44. The Bertz CT molecular complexity index is 245. The largest absolute Gasteiger partial charge is 0.385 e. The molecule has 1 saturated heterocycles. The van der Waals surface area contributed by atoms with Gasteiger partial charge in [-0.3, -0.25) is 4.79 Å². The molecule has 2 unspecified atom stereocenters.